The van der Waals surface area contributed by atoms with Gasteiger partial charge in [-0.1, -0.05) is 150 Å². The molecule has 56 heavy (non-hydrogen) atoms. The quantitative estimate of drug-likeness (QED) is 0.0365. The zero-order valence-corrected chi connectivity index (χ0v) is 33.1. The van der Waals surface area contributed by atoms with E-state index in [-0.39, 0.29) is 27.7 Å². The number of aromatic nitrogens is 1. The SMILES string of the molecule is CCCCCCCCCCCCCCn1c(-c2ccccc2)c(C(=O)C(Oc2ccc(C(=O)O)cc2NC(C)=O)C(=O)Nc2ccccc2Cl)c2ccccc21. The number of Topliss-reactive ketones (excluding diaryl/α,β-unsaturated/α-hetero) is 1. The molecule has 1 heterocycles. The molecule has 2 amide bonds. The topological polar surface area (TPSA) is 127 Å². The number of anilines is 2. The van der Waals surface area contributed by atoms with Crippen LogP contribution in [-0.2, 0) is 16.1 Å². The van der Waals surface area contributed by atoms with Crippen LogP contribution in [0.3, 0.4) is 0 Å². The van der Waals surface area contributed by atoms with Crippen LogP contribution in [0.25, 0.3) is 22.2 Å². The number of hydrogen-bond donors (Lipinski definition) is 3. The summed E-state index contributed by atoms with van der Waals surface area (Å²) in [6.45, 7) is 4.17. The number of carboxylic acids is 1. The number of carbonyl (C=O) groups is 4. The molecule has 0 fully saturated rings. The fraction of sp³-hybridized carbons (Fsp3) is 0.348. The number of aryl methyl sites for hydroxylation is 1. The first-order valence-electron chi connectivity index (χ1n) is 19.8. The maximum Gasteiger partial charge on any atom is 0.335 e. The van der Waals surface area contributed by atoms with Crippen molar-refractivity contribution < 1.29 is 29.0 Å². The Hall–Kier alpha value is -5.41. The molecule has 0 bridgehead atoms. The Morgan fingerprint density at radius 2 is 1.32 bits per heavy atom. The summed E-state index contributed by atoms with van der Waals surface area (Å²) in [5.41, 5.74) is 2.81. The van der Waals surface area contributed by atoms with Gasteiger partial charge in [0.25, 0.3) is 5.91 Å². The summed E-state index contributed by atoms with van der Waals surface area (Å²) in [5.74, 6) is -3.18. The minimum atomic E-state index is -1.78. The Kier molecular flexibility index (Phi) is 15.7. The molecule has 294 valence electrons. The van der Waals surface area contributed by atoms with Gasteiger partial charge in [-0.25, -0.2) is 4.79 Å². The van der Waals surface area contributed by atoms with Crippen LogP contribution in [0.4, 0.5) is 11.4 Å². The number of rotatable bonds is 22. The number of carboxylic acid groups (broad SMARTS) is 1. The standard InChI is InChI=1S/C46H52ClN3O6/c1-3-4-5-6-7-8-9-10-11-12-13-21-30-50-39-27-20-17-24-35(39)41(42(50)33-22-15-14-16-23-33)43(52)44(45(53)49-37-26-19-18-25-36(37)47)56-40-29-28-34(46(54)55)31-38(40)48-32(2)51/h14-20,22-29,31,44H,3-13,21,30H2,1-2H3,(H,48,51)(H,49,53)(H,54,55). The zero-order chi connectivity index (χ0) is 39.9. The van der Waals surface area contributed by atoms with Crippen LogP contribution in [0.1, 0.15) is 112 Å². The van der Waals surface area contributed by atoms with Gasteiger partial charge in [-0.15, -0.1) is 0 Å². The van der Waals surface area contributed by atoms with Crippen molar-refractivity contribution in [2.24, 2.45) is 0 Å². The highest BCUT2D eigenvalue weighted by molar-refractivity contribution is 6.34. The van der Waals surface area contributed by atoms with E-state index in [1.165, 1.54) is 82.9 Å². The summed E-state index contributed by atoms with van der Waals surface area (Å²) in [6, 6.07) is 27.8. The van der Waals surface area contributed by atoms with Gasteiger partial charge in [0, 0.05) is 24.4 Å². The number of nitrogens with one attached hydrogen (secondary N) is 2. The minimum absolute atomic E-state index is 0.00146. The second kappa shape index (κ2) is 21.0. The normalized spacial score (nSPS) is 11.6. The number of para-hydroxylation sites is 2. The number of benzene rings is 4. The molecule has 5 rings (SSSR count). The van der Waals surface area contributed by atoms with Crippen LogP contribution in [-0.4, -0.2) is 39.3 Å². The molecular weight excluding hydrogens is 726 g/mol. The van der Waals surface area contributed by atoms with Gasteiger partial charge < -0.3 is 25.0 Å². The summed E-state index contributed by atoms with van der Waals surface area (Å²) < 4.78 is 8.44. The van der Waals surface area contributed by atoms with E-state index in [0.717, 1.165) is 30.3 Å². The van der Waals surface area contributed by atoms with Crippen LogP contribution in [0, 0.1) is 0 Å². The van der Waals surface area contributed by atoms with Gasteiger partial charge in [0.1, 0.15) is 5.75 Å². The van der Waals surface area contributed by atoms with Crippen molar-refractivity contribution in [3.8, 4) is 17.0 Å². The number of nitrogens with zero attached hydrogens (tertiary/aromatic N) is 1. The molecule has 0 saturated carbocycles. The molecule has 0 aliphatic rings. The van der Waals surface area contributed by atoms with Crippen molar-refractivity contribution in [2.45, 2.75) is 104 Å². The van der Waals surface area contributed by atoms with Gasteiger partial charge in [-0.05, 0) is 48.4 Å². The number of aromatic carboxylic acids is 1. The Labute approximate surface area is 334 Å². The molecular formula is C46H52ClN3O6. The third kappa shape index (κ3) is 11.1. The van der Waals surface area contributed by atoms with Crippen molar-refractivity contribution in [2.75, 3.05) is 10.6 Å². The van der Waals surface area contributed by atoms with E-state index in [9.17, 15) is 19.5 Å². The zero-order valence-electron chi connectivity index (χ0n) is 32.3. The van der Waals surface area contributed by atoms with E-state index in [0.29, 0.717) is 23.2 Å². The van der Waals surface area contributed by atoms with Gasteiger partial charge in [0.2, 0.25) is 17.8 Å². The van der Waals surface area contributed by atoms with Gasteiger partial charge in [0.15, 0.2) is 0 Å². The third-order valence-electron chi connectivity index (χ3n) is 9.89. The lowest BCUT2D eigenvalue weighted by Gasteiger charge is -2.21. The lowest BCUT2D eigenvalue weighted by atomic mass is 9.98. The van der Waals surface area contributed by atoms with Crippen molar-refractivity contribution in [3.05, 3.63) is 113 Å². The number of unbranched alkanes of at least 4 members (excludes halogenated alkanes) is 11. The summed E-state index contributed by atoms with van der Waals surface area (Å²) in [6.07, 6.45) is 12.9. The second-order valence-electron chi connectivity index (χ2n) is 14.2. The van der Waals surface area contributed by atoms with E-state index in [1.807, 2.05) is 54.6 Å². The van der Waals surface area contributed by atoms with Gasteiger partial charge in [-0.3, -0.25) is 14.4 Å². The molecule has 0 spiro atoms. The molecule has 4 aromatic carbocycles. The monoisotopic (exact) mass is 777 g/mol. The molecule has 1 aromatic heterocycles. The number of amides is 2. The molecule has 0 radical (unpaired) electrons. The van der Waals surface area contributed by atoms with E-state index < -0.39 is 29.7 Å². The van der Waals surface area contributed by atoms with E-state index >= 15 is 4.79 Å². The number of carbonyl (C=O) groups excluding carboxylic acids is 3. The summed E-state index contributed by atoms with van der Waals surface area (Å²) >= 11 is 6.42. The molecule has 9 nitrogen and oxygen atoms in total. The molecule has 0 aliphatic carbocycles. The van der Waals surface area contributed by atoms with Crippen LogP contribution >= 0.6 is 11.6 Å². The van der Waals surface area contributed by atoms with E-state index in [4.69, 9.17) is 16.3 Å². The van der Waals surface area contributed by atoms with Gasteiger partial charge >= 0.3 is 5.97 Å². The smallest absolute Gasteiger partial charge is 0.335 e. The van der Waals surface area contributed by atoms with Crippen molar-refractivity contribution in [1.82, 2.24) is 4.57 Å². The number of halogens is 1. The van der Waals surface area contributed by atoms with E-state index in [1.54, 1.807) is 24.3 Å². The lowest BCUT2D eigenvalue weighted by molar-refractivity contribution is -0.120. The molecule has 0 aliphatic heterocycles. The summed E-state index contributed by atoms with van der Waals surface area (Å²) in [4.78, 5) is 53.5. The Morgan fingerprint density at radius 1 is 0.714 bits per heavy atom. The summed E-state index contributed by atoms with van der Waals surface area (Å²) in [7, 11) is 0. The van der Waals surface area contributed by atoms with Crippen LogP contribution in [0.2, 0.25) is 5.02 Å². The molecule has 1 unspecified atom stereocenters. The first-order chi connectivity index (χ1) is 27.2. The number of ketones is 1. The maximum atomic E-state index is 15.2. The average molecular weight is 778 g/mol. The largest absolute Gasteiger partial charge is 0.478 e. The van der Waals surface area contributed by atoms with Crippen molar-refractivity contribution in [1.29, 1.82) is 0 Å². The Balaban J connectivity index is 1.49. The molecule has 10 heteroatoms. The predicted octanol–water partition coefficient (Wildman–Crippen LogP) is 11.6. The molecule has 1 atom stereocenters. The molecule has 0 saturated heterocycles. The van der Waals surface area contributed by atoms with Gasteiger partial charge in [-0.2, -0.15) is 0 Å². The highest BCUT2D eigenvalue weighted by atomic mass is 35.5. The molecule has 5 aromatic rings. The van der Waals surface area contributed by atoms with Crippen LogP contribution in [0.5, 0.6) is 5.75 Å². The first kappa shape index (κ1) is 41.7. The van der Waals surface area contributed by atoms with Gasteiger partial charge in [0.05, 0.1) is 33.2 Å². The van der Waals surface area contributed by atoms with Crippen LogP contribution in [0.15, 0.2) is 97.1 Å². The maximum absolute atomic E-state index is 15.2. The third-order valence-corrected chi connectivity index (χ3v) is 10.2. The lowest BCUT2D eigenvalue weighted by Crippen LogP contribution is -2.40. The highest BCUT2D eigenvalue weighted by Gasteiger charge is 2.36. The number of ether oxygens (including phenoxy) is 1. The summed E-state index contributed by atoms with van der Waals surface area (Å²) in [5, 5.41) is 15.9. The number of fused-ring (bicyclic) bond motifs is 1. The Morgan fingerprint density at radius 3 is 1.96 bits per heavy atom. The average Bonchev–Trinajstić information content (AvgIpc) is 3.52. The van der Waals surface area contributed by atoms with Crippen molar-refractivity contribution in [3.63, 3.8) is 0 Å². The van der Waals surface area contributed by atoms with Crippen LogP contribution < -0.4 is 15.4 Å². The second-order valence-corrected chi connectivity index (χ2v) is 14.6. The first-order valence-corrected chi connectivity index (χ1v) is 20.1. The fourth-order valence-electron chi connectivity index (χ4n) is 7.09. The highest BCUT2D eigenvalue weighted by Crippen LogP contribution is 2.37. The minimum Gasteiger partial charge on any atom is -0.478 e. The van der Waals surface area contributed by atoms with Crippen molar-refractivity contribution >= 4 is 57.4 Å². The number of hydrogen-bond acceptors (Lipinski definition) is 5. The predicted molar refractivity (Wildman–Crippen MR) is 225 cm³/mol. The van der Waals surface area contributed by atoms with E-state index in [2.05, 4.69) is 22.1 Å². The molecule has 3 N–H and O–H groups in total. The Bertz CT molecular complexity index is 2110. The fourth-order valence-corrected chi connectivity index (χ4v) is 7.27.